The molecular weight excluding hydrogens is 813 g/mol. The maximum Gasteiger partial charge on any atom is 0.223 e. The third-order valence-corrected chi connectivity index (χ3v) is 12.3. The second-order valence-corrected chi connectivity index (χ2v) is 16.0. The zero-order valence-electron chi connectivity index (χ0n) is 29.8. The van der Waals surface area contributed by atoms with Gasteiger partial charge in [-0.2, -0.15) is 11.3 Å². The summed E-state index contributed by atoms with van der Waals surface area (Å²) >= 11 is 3.54. The van der Waals surface area contributed by atoms with Crippen LogP contribution in [0.5, 0.6) is 0 Å². The summed E-state index contributed by atoms with van der Waals surface area (Å²) in [7, 11) is 0. The van der Waals surface area contributed by atoms with Crippen LogP contribution >= 0.6 is 22.7 Å². The molecule has 257 valence electrons. The first-order valence-electron chi connectivity index (χ1n) is 16.6. The van der Waals surface area contributed by atoms with Crippen LogP contribution in [0.15, 0.2) is 57.6 Å². The van der Waals surface area contributed by atoms with Gasteiger partial charge in [0, 0.05) is 63.6 Å². The molecule has 0 bridgehead atoms. The first-order valence-corrected chi connectivity index (χ1v) is 18.4. The van der Waals surface area contributed by atoms with Gasteiger partial charge < -0.3 is 9.52 Å². The molecule has 4 heterocycles. The smallest absolute Gasteiger partial charge is 0.223 e. The first kappa shape index (κ1) is 37.9. The summed E-state index contributed by atoms with van der Waals surface area (Å²) in [6.45, 7) is 21.0. The van der Waals surface area contributed by atoms with Crippen molar-refractivity contribution in [1.29, 1.82) is 0 Å². The molecule has 0 spiro atoms. The van der Waals surface area contributed by atoms with Crippen LogP contribution in [0.1, 0.15) is 99.1 Å². The van der Waals surface area contributed by atoms with Gasteiger partial charge in [-0.3, -0.25) is 9.78 Å². The molecule has 2 aromatic carbocycles. The molecule has 4 aromatic heterocycles. The Morgan fingerprint density at radius 3 is 2.21 bits per heavy atom. The van der Waals surface area contributed by atoms with Crippen molar-refractivity contribution in [2.24, 2.45) is 10.8 Å². The van der Waals surface area contributed by atoms with Crippen LogP contribution in [0.4, 0.5) is 0 Å². The Morgan fingerprint density at radius 1 is 0.917 bits per heavy atom. The molecule has 1 radical (unpaired) electrons. The normalized spacial score (nSPS) is 12.8. The number of aromatic nitrogens is 2. The van der Waals surface area contributed by atoms with Gasteiger partial charge in [-0.25, -0.2) is 4.98 Å². The number of furan rings is 1. The van der Waals surface area contributed by atoms with Gasteiger partial charge in [0.1, 0.15) is 17.7 Å². The Hall–Kier alpha value is -2.90. The van der Waals surface area contributed by atoms with Crippen molar-refractivity contribution in [1.82, 2.24) is 9.97 Å². The van der Waals surface area contributed by atoms with Crippen molar-refractivity contribution in [3.05, 3.63) is 70.4 Å². The molecule has 0 aliphatic rings. The molecule has 48 heavy (non-hydrogen) atoms. The van der Waals surface area contributed by atoms with E-state index in [2.05, 4.69) is 67.7 Å². The van der Waals surface area contributed by atoms with Gasteiger partial charge in [0.25, 0.3) is 0 Å². The summed E-state index contributed by atoms with van der Waals surface area (Å²) < 4.78 is 8.71. The Kier molecular flexibility index (Phi) is 11.5. The largest absolute Gasteiger partial charge is 0.512 e. The molecular formula is C40H47IrN2O3S2-. The summed E-state index contributed by atoms with van der Waals surface area (Å²) in [4.78, 5) is 21.4. The van der Waals surface area contributed by atoms with E-state index in [1.807, 2.05) is 47.6 Å². The van der Waals surface area contributed by atoms with Gasteiger partial charge >= 0.3 is 0 Å². The fourth-order valence-corrected chi connectivity index (χ4v) is 7.98. The van der Waals surface area contributed by atoms with Gasteiger partial charge in [0.05, 0.1) is 0 Å². The van der Waals surface area contributed by atoms with E-state index in [4.69, 9.17) is 9.40 Å². The first-order chi connectivity index (χ1) is 22.2. The number of nitrogens with zero attached hydrogens (tertiary/aromatic N) is 2. The molecule has 0 saturated carbocycles. The standard InChI is InChI=1S/C25H19N2OS2.C15H28O2.Ir/c1-13-11-30-18-6-5-17-20(19(13)18)21-22(26-12-27-24(21)28-17)15-9-14-7-8-29-23(14)16(10-15)25(2,3)4;1-7-14(5,8-2)12(16)11-13(17)15(6,9-3)10-4;/h5-8,10-12H,1-4H3;11,16H,7-10H2,1-6H3;/q-1;;/b;12-11-;. The van der Waals surface area contributed by atoms with Crippen molar-refractivity contribution in [3.63, 3.8) is 0 Å². The molecule has 0 saturated heterocycles. The van der Waals surface area contributed by atoms with E-state index in [0.717, 1.165) is 58.7 Å². The van der Waals surface area contributed by atoms with Gasteiger partial charge in [0.15, 0.2) is 5.78 Å². The van der Waals surface area contributed by atoms with E-state index >= 15 is 0 Å². The van der Waals surface area contributed by atoms with Crippen LogP contribution in [0, 0.1) is 23.8 Å². The quantitative estimate of drug-likeness (QED) is 0.0937. The maximum absolute atomic E-state index is 12.2. The van der Waals surface area contributed by atoms with Crippen molar-refractivity contribution in [3.8, 4) is 11.3 Å². The molecule has 8 heteroatoms. The minimum Gasteiger partial charge on any atom is -0.512 e. The topological polar surface area (TPSA) is 76.2 Å². The number of thiophene rings is 2. The molecule has 0 unspecified atom stereocenters. The van der Waals surface area contributed by atoms with Gasteiger partial charge in [-0.15, -0.1) is 34.9 Å². The van der Waals surface area contributed by atoms with Crippen LogP contribution in [0.3, 0.4) is 0 Å². The van der Waals surface area contributed by atoms with E-state index in [0.29, 0.717) is 5.71 Å². The maximum atomic E-state index is 12.2. The van der Waals surface area contributed by atoms with E-state index in [-0.39, 0.29) is 47.9 Å². The Bertz CT molecular complexity index is 2100. The molecule has 6 aromatic rings. The summed E-state index contributed by atoms with van der Waals surface area (Å²) in [6.07, 6.45) is 6.35. The monoisotopic (exact) mass is 860 g/mol. The number of benzene rings is 2. The Labute approximate surface area is 306 Å². The molecule has 0 atom stereocenters. The SMILES string of the molecule is CCC(C)(CC)C(=O)/C=C(\O)C(C)(CC)CC.Cc1csc2ccc3oc4ncnc(-c5[c-]c6ccsc6c(C(C)(C)C)c5)c4c3c12.[Ir]. The number of carbonyl (C=O) groups excluding carboxylic acids is 1. The summed E-state index contributed by atoms with van der Waals surface area (Å²) in [6, 6.07) is 12.2. The molecule has 0 amide bonds. The third kappa shape index (κ3) is 6.92. The molecule has 1 N–H and O–H groups in total. The van der Waals surface area contributed by atoms with Crippen LogP contribution in [0.25, 0.3) is 53.5 Å². The fraction of sp³-hybridized carbons (Fsp3) is 0.425. The van der Waals surface area contributed by atoms with Crippen LogP contribution < -0.4 is 0 Å². The molecule has 0 aliphatic heterocycles. The molecule has 5 nitrogen and oxygen atoms in total. The minimum atomic E-state index is -0.337. The number of hydrogen-bond donors (Lipinski definition) is 1. The number of fused-ring (bicyclic) bond motifs is 6. The van der Waals surface area contributed by atoms with Crippen molar-refractivity contribution in [2.45, 2.75) is 100 Å². The number of rotatable bonds is 8. The predicted octanol–water partition coefficient (Wildman–Crippen LogP) is 12.5. The number of aliphatic hydroxyl groups is 1. The zero-order chi connectivity index (χ0) is 34.3. The van der Waals surface area contributed by atoms with Crippen LogP contribution in [0.2, 0.25) is 0 Å². The number of aliphatic hydroxyl groups excluding tert-OH is 1. The fourth-order valence-electron chi connectivity index (χ4n) is 5.95. The van der Waals surface area contributed by atoms with E-state index in [9.17, 15) is 9.90 Å². The van der Waals surface area contributed by atoms with Gasteiger partial charge in [-0.1, -0.05) is 73.4 Å². The summed E-state index contributed by atoms with van der Waals surface area (Å²) in [5.41, 5.74) is 5.35. The number of aryl methyl sites for hydroxylation is 1. The average molecular weight is 860 g/mol. The summed E-state index contributed by atoms with van der Waals surface area (Å²) in [5, 5.41) is 18.9. The number of hydrogen-bond acceptors (Lipinski definition) is 7. The Balaban J connectivity index is 0.000000251. The molecule has 0 fully saturated rings. The van der Waals surface area contributed by atoms with Crippen LogP contribution in [-0.4, -0.2) is 20.9 Å². The number of allylic oxidation sites excluding steroid dienone is 2. The van der Waals surface area contributed by atoms with Gasteiger partial charge in [-0.05, 0) is 71.2 Å². The van der Waals surface area contributed by atoms with Crippen LogP contribution in [-0.2, 0) is 30.3 Å². The number of carbonyl (C=O) groups is 1. The minimum absolute atomic E-state index is 0. The van der Waals surface area contributed by atoms with E-state index in [1.54, 1.807) is 29.0 Å². The van der Waals surface area contributed by atoms with Crippen molar-refractivity contribution < 1.29 is 34.4 Å². The molecule has 6 rings (SSSR count). The third-order valence-electron chi connectivity index (χ3n) is 10.3. The second kappa shape index (κ2) is 14.5. The second-order valence-electron chi connectivity index (χ2n) is 14.2. The predicted molar refractivity (Wildman–Crippen MR) is 201 cm³/mol. The van der Waals surface area contributed by atoms with Crippen molar-refractivity contribution >= 4 is 70.7 Å². The van der Waals surface area contributed by atoms with E-state index in [1.165, 1.54) is 32.0 Å². The zero-order valence-corrected chi connectivity index (χ0v) is 33.8. The van der Waals surface area contributed by atoms with E-state index < -0.39 is 0 Å². The average Bonchev–Trinajstić information content (AvgIpc) is 3.79. The van der Waals surface area contributed by atoms with Gasteiger partial charge in [0.2, 0.25) is 5.71 Å². The Morgan fingerprint density at radius 2 is 1.58 bits per heavy atom. The molecule has 0 aliphatic carbocycles. The van der Waals surface area contributed by atoms with Crippen molar-refractivity contribution in [2.75, 3.05) is 0 Å². The summed E-state index contributed by atoms with van der Waals surface area (Å²) in [5.74, 6) is 0.286. The number of ketones is 1.